The average Bonchev–Trinajstić information content (AvgIpc) is 3.77. The molecule has 6 rings (SSSR count). The van der Waals surface area contributed by atoms with Crippen molar-refractivity contribution in [3.63, 3.8) is 0 Å². The van der Waals surface area contributed by atoms with E-state index in [1.165, 1.54) is 13.0 Å². The summed E-state index contributed by atoms with van der Waals surface area (Å²) >= 11 is 6.02. The number of benzene rings is 3. The van der Waals surface area contributed by atoms with Crippen LogP contribution < -0.4 is 20.1 Å². The van der Waals surface area contributed by atoms with Gasteiger partial charge in [0.25, 0.3) is 5.91 Å². The van der Waals surface area contributed by atoms with Crippen molar-refractivity contribution in [2.75, 3.05) is 26.8 Å². The van der Waals surface area contributed by atoms with Gasteiger partial charge in [0.1, 0.15) is 30.5 Å². The van der Waals surface area contributed by atoms with Crippen LogP contribution in [0.3, 0.4) is 0 Å². The lowest BCUT2D eigenvalue weighted by molar-refractivity contribution is -0.169. The highest BCUT2D eigenvalue weighted by Gasteiger charge is 2.46. The molecule has 4 aromatic rings. The summed E-state index contributed by atoms with van der Waals surface area (Å²) in [6.07, 6.45) is 3.11. The Kier molecular flexibility index (Phi) is 12.1. The van der Waals surface area contributed by atoms with Crippen LogP contribution in [0, 0.1) is 12.8 Å². The molecule has 1 atom stereocenters. The molecule has 1 saturated carbocycles. The van der Waals surface area contributed by atoms with Crippen molar-refractivity contribution < 1.29 is 34.1 Å². The van der Waals surface area contributed by atoms with Crippen molar-refractivity contribution in [2.45, 2.75) is 51.7 Å². The van der Waals surface area contributed by atoms with Crippen LogP contribution in [0.1, 0.15) is 65.7 Å². The molecule has 0 spiro atoms. The second kappa shape index (κ2) is 16.6. The van der Waals surface area contributed by atoms with Gasteiger partial charge in [0.2, 0.25) is 5.91 Å². The van der Waals surface area contributed by atoms with E-state index < -0.39 is 11.6 Å². The summed E-state index contributed by atoms with van der Waals surface area (Å²) in [4.78, 5) is 39.3. The summed E-state index contributed by atoms with van der Waals surface area (Å²) in [7, 11) is 1.66. The van der Waals surface area contributed by atoms with Gasteiger partial charge in [0, 0.05) is 47.6 Å². The number of aliphatic hydroxyl groups is 1. The summed E-state index contributed by atoms with van der Waals surface area (Å²) in [6.45, 7) is 4.04. The minimum Gasteiger partial charge on any atom is -0.497 e. The van der Waals surface area contributed by atoms with Gasteiger partial charge in [-0.3, -0.25) is 19.1 Å². The number of carboxylic acid groups (broad SMARTS) is 1. The number of nitrogens with zero attached hydrogens (tertiary/aromatic N) is 4. The van der Waals surface area contributed by atoms with E-state index in [1.54, 1.807) is 25.3 Å². The zero-order valence-corrected chi connectivity index (χ0v) is 29.4. The third kappa shape index (κ3) is 8.91. The van der Waals surface area contributed by atoms with Crippen LogP contribution in [0.15, 0.2) is 71.7 Å². The van der Waals surface area contributed by atoms with Gasteiger partial charge in [-0.05, 0) is 68.3 Å². The number of methoxy groups -OCH3 is 1. The molecule has 2 aliphatic rings. The molecule has 0 saturated heterocycles. The maximum atomic E-state index is 12.1. The smallest absolute Gasteiger partial charge is 0.339 e. The van der Waals surface area contributed by atoms with Crippen molar-refractivity contribution in [2.24, 2.45) is 10.9 Å². The first-order valence-electron chi connectivity index (χ1n) is 16.6. The van der Waals surface area contributed by atoms with Crippen molar-refractivity contribution in [1.29, 1.82) is 0 Å². The van der Waals surface area contributed by atoms with E-state index in [1.807, 2.05) is 54.0 Å². The first-order valence-corrected chi connectivity index (χ1v) is 17.0. The van der Waals surface area contributed by atoms with Crippen molar-refractivity contribution in [3.8, 4) is 17.2 Å². The molecule has 2 amide bonds. The lowest BCUT2D eigenvalue weighted by Gasteiger charge is -2.29. The average molecular weight is 717 g/mol. The molecule has 1 aliphatic carbocycles. The fourth-order valence-corrected chi connectivity index (χ4v) is 6.26. The predicted molar refractivity (Wildman–Crippen MR) is 191 cm³/mol. The van der Waals surface area contributed by atoms with Crippen LogP contribution in [0.25, 0.3) is 5.69 Å². The van der Waals surface area contributed by atoms with Crippen LogP contribution in [-0.2, 0) is 16.1 Å². The molecule has 4 N–H and O–H groups in total. The molecule has 0 radical (unpaired) electrons. The molecule has 1 aliphatic heterocycles. The number of hydrogen-bond donors (Lipinski definition) is 4. The number of hydrogen-bond acceptors (Lipinski definition) is 9. The number of carboxylic acids is 1. The quantitative estimate of drug-likeness (QED) is 0.163. The van der Waals surface area contributed by atoms with Gasteiger partial charge >= 0.3 is 5.97 Å². The molecular formula is C37H41ClN6O7. The van der Waals surface area contributed by atoms with Crippen LogP contribution in [-0.4, -0.2) is 80.9 Å². The molecule has 0 bridgehead atoms. The number of aryl methyl sites for hydroxylation is 1. The number of halogens is 1. The second-order valence-electron chi connectivity index (χ2n) is 12.3. The Bertz CT molecular complexity index is 1910. The fraction of sp³-hybridized carbons (Fsp3) is 0.351. The highest BCUT2D eigenvalue weighted by Crippen LogP contribution is 2.35. The largest absolute Gasteiger partial charge is 0.497 e. The topological polar surface area (TPSA) is 177 Å². The lowest BCUT2D eigenvalue weighted by atomic mass is 9.87. The number of aliphatic imine (C=N–C) groups is 1. The molecule has 268 valence electrons. The van der Waals surface area contributed by atoms with Crippen molar-refractivity contribution >= 4 is 35.1 Å². The highest BCUT2D eigenvalue weighted by molar-refractivity contribution is 6.30. The van der Waals surface area contributed by atoms with Gasteiger partial charge in [-0.15, -0.1) is 10.2 Å². The number of carbonyl (C=O) groups excluding carboxylic acids is 2. The van der Waals surface area contributed by atoms with Crippen molar-refractivity contribution in [1.82, 2.24) is 25.4 Å². The first kappa shape index (κ1) is 37.0. The van der Waals surface area contributed by atoms with Crippen LogP contribution >= 0.6 is 11.6 Å². The summed E-state index contributed by atoms with van der Waals surface area (Å²) in [5.74, 6) is 0.609. The maximum Gasteiger partial charge on any atom is 0.339 e. The van der Waals surface area contributed by atoms with E-state index in [2.05, 4.69) is 20.8 Å². The van der Waals surface area contributed by atoms with E-state index in [0.29, 0.717) is 42.3 Å². The van der Waals surface area contributed by atoms with Crippen molar-refractivity contribution in [3.05, 3.63) is 100 Å². The Labute approximate surface area is 300 Å². The Hall–Kier alpha value is -5.27. The number of nitrogens with one attached hydrogen (secondary N) is 2. The summed E-state index contributed by atoms with van der Waals surface area (Å²) in [5.41, 5.74) is 2.29. The summed E-state index contributed by atoms with van der Waals surface area (Å²) in [5, 5.41) is 34.4. The van der Waals surface area contributed by atoms with Gasteiger partial charge in [-0.25, -0.2) is 4.79 Å². The minimum absolute atomic E-state index is 0.173. The van der Waals surface area contributed by atoms with Gasteiger partial charge in [-0.2, -0.15) is 0 Å². The summed E-state index contributed by atoms with van der Waals surface area (Å²) < 4.78 is 13.0. The Morgan fingerprint density at radius 1 is 0.980 bits per heavy atom. The predicted octanol–water partition coefficient (Wildman–Crippen LogP) is 4.53. The van der Waals surface area contributed by atoms with E-state index >= 15 is 0 Å². The monoisotopic (exact) mass is 716 g/mol. The molecular weight excluding hydrogens is 676 g/mol. The molecule has 51 heavy (non-hydrogen) atoms. The number of aliphatic carboxylic acids is 1. The van der Waals surface area contributed by atoms with Crippen LogP contribution in [0.2, 0.25) is 5.02 Å². The molecule has 1 aromatic heterocycles. The van der Waals surface area contributed by atoms with E-state index in [9.17, 15) is 24.6 Å². The first-order chi connectivity index (χ1) is 24.5. The van der Waals surface area contributed by atoms with Crippen LogP contribution in [0.4, 0.5) is 0 Å². The highest BCUT2D eigenvalue weighted by atomic mass is 35.5. The van der Waals surface area contributed by atoms with Gasteiger partial charge in [-0.1, -0.05) is 42.6 Å². The number of fused-ring (bicyclic) bond motifs is 3. The number of carbonyl (C=O) groups is 3. The third-order valence-corrected chi connectivity index (χ3v) is 9.08. The lowest BCUT2D eigenvalue weighted by Crippen LogP contribution is -2.50. The van der Waals surface area contributed by atoms with E-state index in [0.717, 1.165) is 52.8 Å². The molecule has 3 aromatic carbocycles. The SMILES string of the molecule is CC(=O)NCCNC(=O)c1cccc(OCC(O)(C(=O)O)C2CCCC2)c1.COc1ccc2c(c1)C(c1ccc(Cl)cc1)=NCc1nnc(C)n1-2. The van der Waals surface area contributed by atoms with Gasteiger partial charge < -0.3 is 30.3 Å². The zero-order chi connectivity index (χ0) is 36.5. The number of amides is 2. The zero-order valence-electron chi connectivity index (χ0n) is 28.7. The molecule has 1 unspecified atom stereocenters. The summed E-state index contributed by atoms with van der Waals surface area (Å²) in [6, 6.07) is 20.0. The number of ether oxygens (including phenoxy) is 2. The molecule has 13 nitrogen and oxygen atoms in total. The Balaban J connectivity index is 0.000000199. The van der Waals surface area contributed by atoms with Crippen LogP contribution in [0.5, 0.6) is 11.5 Å². The standard InChI is InChI=1S/C19H26N2O6.C18H15ClN4O/c1-13(22)20-9-10-21-17(23)14-5-4-8-16(11-14)27-12-19(26,18(24)25)15-6-2-3-7-15;1-11-21-22-17-10-20-18(12-3-5-13(19)6-4-12)15-9-14(24-2)7-8-16(15)23(11)17/h4-5,8,11,15,26H,2-3,6-7,9-10,12H2,1H3,(H,20,22)(H,21,23)(H,24,25);3-9H,10H2,1-2H3. The third-order valence-electron chi connectivity index (χ3n) is 8.83. The minimum atomic E-state index is -1.94. The number of aromatic nitrogens is 3. The normalized spacial score (nSPS) is 14.7. The molecule has 14 heteroatoms. The van der Waals surface area contributed by atoms with Gasteiger partial charge in [0.15, 0.2) is 11.4 Å². The Morgan fingerprint density at radius 3 is 2.39 bits per heavy atom. The van der Waals surface area contributed by atoms with E-state index in [-0.39, 0.29) is 30.9 Å². The fourth-order valence-electron chi connectivity index (χ4n) is 6.13. The van der Waals surface area contributed by atoms with Gasteiger partial charge in [0.05, 0.1) is 18.5 Å². The molecule has 2 heterocycles. The maximum absolute atomic E-state index is 12.1. The Morgan fingerprint density at radius 2 is 1.71 bits per heavy atom. The second-order valence-corrected chi connectivity index (χ2v) is 12.8. The number of rotatable bonds is 11. The molecule has 1 fully saturated rings. The van der Waals surface area contributed by atoms with E-state index in [4.69, 9.17) is 26.1 Å².